The molecule has 5 rings (SSSR count). The molecule has 2 aromatic heterocycles. The third kappa shape index (κ3) is 5.08. The van der Waals surface area contributed by atoms with Crippen LogP contribution in [0.25, 0.3) is 5.82 Å². The summed E-state index contributed by atoms with van der Waals surface area (Å²) < 4.78 is 12.5. The second-order valence-electron chi connectivity index (χ2n) is 8.11. The highest BCUT2D eigenvalue weighted by Crippen LogP contribution is 2.35. The summed E-state index contributed by atoms with van der Waals surface area (Å²) in [5.74, 6) is 1.95. The van der Waals surface area contributed by atoms with Crippen LogP contribution in [0.2, 0.25) is 10.0 Å². The predicted molar refractivity (Wildman–Crippen MR) is 136 cm³/mol. The molecule has 9 nitrogen and oxygen atoms in total. The highest BCUT2D eigenvalue weighted by molar-refractivity contribution is 6.34. The van der Waals surface area contributed by atoms with E-state index in [9.17, 15) is 9.90 Å². The van der Waals surface area contributed by atoms with E-state index in [1.807, 2.05) is 25.1 Å². The van der Waals surface area contributed by atoms with Crippen molar-refractivity contribution in [3.05, 3.63) is 87.8 Å². The fourth-order valence-corrected chi connectivity index (χ4v) is 4.32. The molecule has 1 aliphatic rings. The van der Waals surface area contributed by atoms with Crippen molar-refractivity contribution in [3.63, 3.8) is 0 Å². The first-order chi connectivity index (χ1) is 17.4. The summed E-state index contributed by atoms with van der Waals surface area (Å²) in [7, 11) is 0. The van der Waals surface area contributed by atoms with E-state index in [0.717, 1.165) is 11.3 Å². The number of nitrogens with one attached hydrogen (secondary N) is 2. The molecule has 4 aromatic rings. The molecule has 0 bridgehead atoms. The van der Waals surface area contributed by atoms with Gasteiger partial charge in [-0.05, 0) is 48.9 Å². The van der Waals surface area contributed by atoms with Gasteiger partial charge < -0.3 is 29.8 Å². The van der Waals surface area contributed by atoms with E-state index >= 15 is 0 Å². The number of benzene rings is 2. The van der Waals surface area contributed by atoms with Crippen molar-refractivity contribution < 1.29 is 19.4 Å². The van der Waals surface area contributed by atoms with Gasteiger partial charge in [-0.3, -0.25) is 4.79 Å². The van der Waals surface area contributed by atoms with Gasteiger partial charge in [-0.2, -0.15) is 4.98 Å². The lowest BCUT2D eigenvalue weighted by Crippen LogP contribution is -2.30. The van der Waals surface area contributed by atoms with Gasteiger partial charge >= 0.3 is 0 Å². The summed E-state index contributed by atoms with van der Waals surface area (Å²) in [5.41, 5.74) is 2.56. The van der Waals surface area contributed by atoms with Gasteiger partial charge in [-0.1, -0.05) is 23.2 Å². The van der Waals surface area contributed by atoms with E-state index in [4.69, 9.17) is 32.7 Å². The standard InChI is InChI=1S/C25H21Cl2N5O4/c1-14-10-28-25(29-19-2-3-21-22(9-19)36-13-35-21)31-23(14)32-5-4-15(11-32)24(34)30-20(12-33)16-6-17(26)8-18(27)7-16/h2-11,20,33H,12-13H2,1H3,(H,30,34)(H,28,29,31). The third-order valence-corrected chi connectivity index (χ3v) is 5.98. The Morgan fingerprint density at radius 3 is 2.69 bits per heavy atom. The number of halogens is 2. The fourth-order valence-electron chi connectivity index (χ4n) is 3.77. The largest absolute Gasteiger partial charge is 0.454 e. The molecule has 0 saturated carbocycles. The average Bonchev–Trinajstić information content (AvgIpc) is 3.52. The number of aliphatic hydroxyl groups is 1. The number of fused-ring (bicyclic) bond motifs is 1. The summed E-state index contributed by atoms with van der Waals surface area (Å²) in [6, 6.07) is 11.4. The number of aromatic nitrogens is 3. The molecular formula is C25H21Cl2N5O4. The van der Waals surface area contributed by atoms with Crippen LogP contribution < -0.4 is 20.1 Å². The van der Waals surface area contributed by atoms with Crippen LogP contribution in [-0.2, 0) is 0 Å². The van der Waals surface area contributed by atoms with E-state index in [1.165, 1.54) is 0 Å². The minimum absolute atomic E-state index is 0.194. The lowest BCUT2D eigenvalue weighted by atomic mass is 10.1. The molecule has 1 aliphatic heterocycles. The van der Waals surface area contributed by atoms with E-state index in [-0.39, 0.29) is 19.3 Å². The first kappa shape index (κ1) is 23.9. The molecule has 0 saturated heterocycles. The Kier molecular flexibility index (Phi) is 6.69. The van der Waals surface area contributed by atoms with Crippen LogP contribution in [0.3, 0.4) is 0 Å². The van der Waals surface area contributed by atoms with Gasteiger partial charge in [-0.25, -0.2) is 4.98 Å². The van der Waals surface area contributed by atoms with Crippen molar-refractivity contribution in [2.24, 2.45) is 0 Å². The summed E-state index contributed by atoms with van der Waals surface area (Å²) >= 11 is 12.1. The Morgan fingerprint density at radius 1 is 1.14 bits per heavy atom. The molecule has 1 atom stereocenters. The summed E-state index contributed by atoms with van der Waals surface area (Å²) in [4.78, 5) is 21.9. The quantitative estimate of drug-likeness (QED) is 0.317. The highest BCUT2D eigenvalue weighted by atomic mass is 35.5. The Morgan fingerprint density at radius 2 is 1.92 bits per heavy atom. The van der Waals surface area contributed by atoms with Gasteiger partial charge in [-0.15, -0.1) is 0 Å². The molecule has 36 heavy (non-hydrogen) atoms. The van der Waals surface area contributed by atoms with E-state index in [2.05, 4.69) is 20.6 Å². The van der Waals surface area contributed by atoms with Crippen LogP contribution in [0.1, 0.15) is 27.5 Å². The maximum atomic E-state index is 12.9. The number of anilines is 2. The summed E-state index contributed by atoms with van der Waals surface area (Å²) in [5, 5.41) is 16.6. The topological polar surface area (TPSA) is 111 Å². The number of ether oxygens (including phenoxy) is 2. The molecule has 3 heterocycles. The van der Waals surface area contributed by atoms with Crippen LogP contribution >= 0.6 is 23.2 Å². The molecule has 0 radical (unpaired) electrons. The van der Waals surface area contributed by atoms with E-state index in [0.29, 0.717) is 44.4 Å². The monoisotopic (exact) mass is 525 g/mol. The molecule has 1 unspecified atom stereocenters. The molecule has 0 aliphatic carbocycles. The van der Waals surface area contributed by atoms with Crippen LogP contribution in [0.15, 0.2) is 61.1 Å². The van der Waals surface area contributed by atoms with Crippen LogP contribution in [0.5, 0.6) is 11.5 Å². The molecular weight excluding hydrogens is 505 g/mol. The fraction of sp³-hybridized carbons (Fsp3) is 0.160. The van der Waals surface area contributed by atoms with E-state index in [1.54, 1.807) is 47.4 Å². The zero-order valence-electron chi connectivity index (χ0n) is 19.0. The Bertz CT molecular complexity index is 1420. The van der Waals surface area contributed by atoms with Crippen molar-refractivity contribution in [3.8, 4) is 17.3 Å². The molecule has 3 N–H and O–H groups in total. The van der Waals surface area contributed by atoms with E-state index < -0.39 is 6.04 Å². The average molecular weight is 526 g/mol. The number of carbonyl (C=O) groups is 1. The number of carbonyl (C=O) groups excluding carboxylic acids is 1. The predicted octanol–water partition coefficient (Wildman–Crippen LogP) is 4.82. The number of amides is 1. The number of hydrogen-bond donors (Lipinski definition) is 3. The van der Waals surface area contributed by atoms with Gasteiger partial charge in [0, 0.05) is 46.0 Å². The maximum Gasteiger partial charge on any atom is 0.253 e. The second kappa shape index (κ2) is 10.1. The Balaban J connectivity index is 1.33. The van der Waals surface area contributed by atoms with Crippen LogP contribution in [0, 0.1) is 6.92 Å². The van der Waals surface area contributed by atoms with Gasteiger partial charge in [0.1, 0.15) is 5.82 Å². The number of aliphatic hydroxyl groups excluding tert-OH is 1. The van der Waals surface area contributed by atoms with Crippen LogP contribution in [0.4, 0.5) is 11.6 Å². The minimum Gasteiger partial charge on any atom is -0.454 e. The molecule has 11 heteroatoms. The first-order valence-electron chi connectivity index (χ1n) is 11.0. The minimum atomic E-state index is -0.671. The molecule has 184 valence electrons. The van der Waals surface area contributed by atoms with Gasteiger partial charge in [0.2, 0.25) is 12.7 Å². The summed E-state index contributed by atoms with van der Waals surface area (Å²) in [6.45, 7) is 1.76. The number of rotatable bonds is 7. The summed E-state index contributed by atoms with van der Waals surface area (Å²) in [6.07, 6.45) is 5.09. The second-order valence-corrected chi connectivity index (χ2v) is 8.98. The van der Waals surface area contributed by atoms with Crippen molar-refractivity contribution >= 4 is 40.7 Å². The Hall–Kier alpha value is -3.79. The SMILES string of the molecule is Cc1cnc(Nc2ccc3c(c2)OCO3)nc1-n1ccc(C(=O)NC(CO)c2cc(Cl)cc(Cl)c2)c1. The zero-order chi connectivity index (χ0) is 25.2. The normalized spacial score (nSPS) is 12.9. The number of nitrogens with zero attached hydrogens (tertiary/aromatic N) is 3. The first-order valence-corrected chi connectivity index (χ1v) is 11.7. The van der Waals surface area contributed by atoms with Crippen molar-refractivity contribution in [1.82, 2.24) is 19.9 Å². The third-order valence-electron chi connectivity index (χ3n) is 5.55. The molecule has 0 spiro atoms. The van der Waals surface area contributed by atoms with Crippen molar-refractivity contribution in [2.75, 3.05) is 18.7 Å². The highest BCUT2D eigenvalue weighted by Gasteiger charge is 2.18. The van der Waals surface area contributed by atoms with Crippen LogP contribution in [-0.4, -0.2) is 38.9 Å². The maximum absolute atomic E-state index is 12.9. The number of aryl methyl sites for hydroxylation is 1. The lowest BCUT2D eigenvalue weighted by Gasteiger charge is -2.17. The van der Waals surface area contributed by atoms with Gasteiger partial charge in [0.05, 0.1) is 18.2 Å². The molecule has 0 fully saturated rings. The molecule has 1 amide bonds. The van der Waals surface area contributed by atoms with Crippen molar-refractivity contribution in [1.29, 1.82) is 0 Å². The van der Waals surface area contributed by atoms with Crippen molar-refractivity contribution in [2.45, 2.75) is 13.0 Å². The molecule has 2 aromatic carbocycles. The lowest BCUT2D eigenvalue weighted by molar-refractivity contribution is 0.0916. The van der Waals surface area contributed by atoms with Gasteiger partial charge in [0.15, 0.2) is 11.5 Å². The Labute approximate surface area is 216 Å². The smallest absolute Gasteiger partial charge is 0.253 e. The zero-order valence-corrected chi connectivity index (χ0v) is 20.5. The van der Waals surface area contributed by atoms with Gasteiger partial charge in [0.25, 0.3) is 5.91 Å². The number of hydrogen-bond acceptors (Lipinski definition) is 7.